The minimum absolute atomic E-state index is 0.0810. The number of methoxy groups -OCH3 is 1. The molecule has 1 unspecified atom stereocenters. The van der Waals surface area contributed by atoms with Gasteiger partial charge in [-0.15, -0.1) is 0 Å². The van der Waals surface area contributed by atoms with E-state index in [0.717, 1.165) is 30.8 Å². The molecule has 0 saturated heterocycles. The summed E-state index contributed by atoms with van der Waals surface area (Å²) in [5.41, 5.74) is 13.3. The monoisotopic (exact) mass is 451 g/mol. The van der Waals surface area contributed by atoms with Crippen LogP contribution in [0.5, 0.6) is 5.75 Å². The van der Waals surface area contributed by atoms with E-state index in [0.29, 0.717) is 5.70 Å². The highest BCUT2D eigenvalue weighted by atomic mass is 16.5. The van der Waals surface area contributed by atoms with Crippen LogP contribution in [0, 0.1) is 0 Å². The molecule has 0 fully saturated rings. The molecule has 3 aromatic carbocycles. The van der Waals surface area contributed by atoms with E-state index in [1.54, 1.807) is 7.11 Å². The number of nitrogens with zero attached hydrogens (tertiary/aromatic N) is 3. The molecule has 0 bridgehead atoms. The van der Waals surface area contributed by atoms with Gasteiger partial charge in [0.15, 0.2) is 0 Å². The van der Waals surface area contributed by atoms with Gasteiger partial charge in [0.05, 0.1) is 18.8 Å². The first kappa shape index (κ1) is 22.1. The van der Waals surface area contributed by atoms with E-state index in [4.69, 9.17) is 10.5 Å². The van der Waals surface area contributed by atoms with Gasteiger partial charge in [-0.25, -0.2) is 0 Å². The van der Waals surface area contributed by atoms with Crippen molar-refractivity contribution in [2.75, 3.05) is 20.3 Å². The van der Waals surface area contributed by atoms with Crippen LogP contribution in [0.4, 0.5) is 0 Å². The van der Waals surface area contributed by atoms with Gasteiger partial charge < -0.3 is 15.5 Å². The molecule has 34 heavy (non-hydrogen) atoms. The maximum absolute atomic E-state index is 5.48. The molecular formula is C28H29N5O. The number of aromatic nitrogens is 1. The molecule has 1 aromatic heterocycles. The molecule has 1 aliphatic heterocycles. The van der Waals surface area contributed by atoms with Crippen molar-refractivity contribution in [1.82, 2.24) is 9.88 Å². The number of azo groups is 1. The Kier molecular flexibility index (Phi) is 6.25. The highest BCUT2D eigenvalue weighted by Crippen LogP contribution is 2.39. The molecule has 3 N–H and O–H groups in total. The van der Waals surface area contributed by atoms with Crippen molar-refractivity contribution in [3.63, 3.8) is 0 Å². The second kappa shape index (κ2) is 9.63. The first-order valence-corrected chi connectivity index (χ1v) is 11.5. The molecule has 2 heterocycles. The van der Waals surface area contributed by atoms with E-state index in [1.807, 2.05) is 18.2 Å². The normalized spacial score (nSPS) is 16.1. The average Bonchev–Trinajstić information content (AvgIpc) is 3.26. The van der Waals surface area contributed by atoms with E-state index in [9.17, 15) is 0 Å². The fraction of sp³-hybridized carbons (Fsp3) is 0.214. The number of ether oxygens (including phenoxy) is 1. The molecule has 0 aliphatic carbocycles. The summed E-state index contributed by atoms with van der Waals surface area (Å²) >= 11 is 0. The van der Waals surface area contributed by atoms with Crippen LogP contribution in [0.3, 0.4) is 0 Å². The molecule has 0 radical (unpaired) electrons. The third-order valence-corrected chi connectivity index (χ3v) is 6.49. The van der Waals surface area contributed by atoms with Crippen LogP contribution in [0.2, 0.25) is 0 Å². The Bertz CT molecular complexity index is 1340. The molecule has 5 rings (SSSR count). The van der Waals surface area contributed by atoms with Gasteiger partial charge in [-0.1, -0.05) is 55.1 Å². The molecular weight excluding hydrogens is 422 g/mol. The van der Waals surface area contributed by atoms with Crippen molar-refractivity contribution >= 4 is 16.6 Å². The lowest BCUT2D eigenvalue weighted by Crippen LogP contribution is -2.35. The second-order valence-corrected chi connectivity index (χ2v) is 8.53. The lowest BCUT2D eigenvalue weighted by Gasteiger charge is -2.36. The van der Waals surface area contributed by atoms with Crippen LogP contribution in [-0.2, 0) is 13.0 Å². The van der Waals surface area contributed by atoms with Gasteiger partial charge in [0.25, 0.3) is 0 Å². The number of nitrogens with two attached hydrogens (primary N) is 1. The third kappa shape index (κ3) is 4.25. The maximum Gasteiger partial charge on any atom is 0.118 e. The summed E-state index contributed by atoms with van der Waals surface area (Å²) < 4.78 is 5.34. The summed E-state index contributed by atoms with van der Waals surface area (Å²) in [5.74, 6) is 0.870. The standard InChI is InChI=1S/C28H29N5O/c1-19(32-30-18-29)21-6-5-7-22(16-21)28-27-25(24-8-3-4-9-26(24)31-27)14-15-33(28)17-20-10-12-23(34-2)13-11-20/h3-13,16,28,31H,1,14-15,17-18,29H2,2H3/b32-30-. The average molecular weight is 452 g/mol. The van der Waals surface area contributed by atoms with Crippen LogP contribution in [0.1, 0.15) is 34.0 Å². The Morgan fingerprint density at radius 1 is 1.12 bits per heavy atom. The minimum atomic E-state index is 0.0810. The lowest BCUT2D eigenvalue weighted by molar-refractivity contribution is 0.202. The maximum atomic E-state index is 5.48. The summed E-state index contributed by atoms with van der Waals surface area (Å²) in [6, 6.07) is 25.4. The van der Waals surface area contributed by atoms with Gasteiger partial charge in [-0.05, 0) is 47.4 Å². The van der Waals surface area contributed by atoms with Crippen molar-refractivity contribution in [1.29, 1.82) is 0 Å². The van der Waals surface area contributed by atoms with Crippen molar-refractivity contribution in [2.45, 2.75) is 19.0 Å². The summed E-state index contributed by atoms with van der Waals surface area (Å²) in [4.78, 5) is 6.27. The number of H-pyrrole nitrogens is 1. The smallest absolute Gasteiger partial charge is 0.118 e. The lowest BCUT2D eigenvalue weighted by atomic mass is 9.91. The largest absolute Gasteiger partial charge is 0.497 e. The molecule has 1 atom stereocenters. The van der Waals surface area contributed by atoms with E-state index < -0.39 is 0 Å². The highest BCUT2D eigenvalue weighted by molar-refractivity contribution is 5.85. The number of para-hydroxylation sites is 1. The van der Waals surface area contributed by atoms with Crippen molar-refractivity contribution in [2.24, 2.45) is 16.0 Å². The zero-order valence-corrected chi connectivity index (χ0v) is 19.4. The SMILES string of the molecule is C=C(/N=N\CN)c1cccc(C2c3[nH]c4ccccc4c3CCN2Cc2ccc(OC)cc2)c1. The Hall–Kier alpha value is -3.74. The van der Waals surface area contributed by atoms with Gasteiger partial charge in [0.2, 0.25) is 0 Å². The van der Waals surface area contributed by atoms with Gasteiger partial charge >= 0.3 is 0 Å². The van der Waals surface area contributed by atoms with Gasteiger partial charge in [0, 0.05) is 35.2 Å². The van der Waals surface area contributed by atoms with E-state index >= 15 is 0 Å². The fourth-order valence-electron chi connectivity index (χ4n) is 4.88. The fourth-order valence-corrected chi connectivity index (χ4v) is 4.88. The predicted octanol–water partition coefficient (Wildman–Crippen LogP) is 5.66. The van der Waals surface area contributed by atoms with Crippen LogP contribution < -0.4 is 10.5 Å². The number of hydrogen-bond donors (Lipinski definition) is 2. The number of fused-ring (bicyclic) bond motifs is 3. The minimum Gasteiger partial charge on any atom is -0.497 e. The molecule has 172 valence electrons. The van der Waals surface area contributed by atoms with Crippen LogP contribution in [0.15, 0.2) is 89.6 Å². The number of hydrogen-bond acceptors (Lipinski definition) is 5. The summed E-state index contributed by atoms with van der Waals surface area (Å²) in [6.45, 7) is 6.03. The van der Waals surface area contributed by atoms with E-state index in [2.05, 4.69) is 81.3 Å². The molecule has 1 aliphatic rings. The molecule has 0 amide bonds. The number of nitrogens with one attached hydrogen (secondary N) is 1. The van der Waals surface area contributed by atoms with Crippen molar-refractivity contribution < 1.29 is 4.74 Å². The Morgan fingerprint density at radius 2 is 1.94 bits per heavy atom. The summed E-state index contributed by atoms with van der Waals surface area (Å²) in [6.07, 6.45) is 1.00. The first-order chi connectivity index (χ1) is 16.7. The third-order valence-electron chi connectivity index (χ3n) is 6.49. The Balaban J connectivity index is 1.57. The highest BCUT2D eigenvalue weighted by Gasteiger charge is 2.31. The van der Waals surface area contributed by atoms with Gasteiger partial charge in [-0.2, -0.15) is 10.2 Å². The van der Waals surface area contributed by atoms with Crippen molar-refractivity contribution in [3.05, 3.63) is 107 Å². The topological polar surface area (TPSA) is 79.0 Å². The van der Waals surface area contributed by atoms with Gasteiger partial charge in [-0.3, -0.25) is 4.90 Å². The zero-order valence-electron chi connectivity index (χ0n) is 19.4. The Labute approximate surface area is 199 Å². The zero-order chi connectivity index (χ0) is 23.5. The second-order valence-electron chi connectivity index (χ2n) is 8.53. The number of benzene rings is 3. The number of aromatic amines is 1. The number of rotatable bonds is 7. The molecule has 0 saturated carbocycles. The molecule has 6 heteroatoms. The van der Waals surface area contributed by atoms with E-state index in [1.165, 1.54) is 33.3 Å². The quantitative estimate of drug-likeness (QED) is 0.356. The molecule has 6 nitrogen and oxygen atoms in total. The summed E-state index contributed by atoms with van der Waals surface area (Å²) in [5, 5.41) is 9.38. The van der Waals surface area contributed by atoms with Crippen LogP contribution in [-0.4, -0.2) is 30.2 Å². The first-order valence-electron chi connectivity index (χ1n) is 11.5. The predicted molar refractivity (Wildman–Crippen MR) is 137 cm³/mol. The van der Waals surface area contributed by atoms with E-state index in [-0.39, 0.29) is 12.7 Å². The summed E-state index contributed by atoms with van der Waals surface area (Å²) in [7, 11) is 1.70. The molecule has 4 aromatic rings. The Morgan fingerprint density at radius 3 is 2.74 bits per heavy atom. The van der Waals surface area contributed by atoms with Gasteiger partial charge in [0.1, 0.15) is 12.4 Å². The van der Waals surface area contributed by atoms with Crippen molar-refractivity contribution in [3.8, 4) is 5.75 Å². The van der Waals surface area contributed by atoms with Crippen LogP contribution in [0.25, 0.3) is 16.6 Å². The van der Waals surface area contributed by atoms with Crippen LogP contribution >= 0.6 is 0 Å². The molecule has 0 spiro atoms.